The summed E-state index contributed by atoms with van der Waals surface area (Å²) in [6, 6.07) is 11.4. The molecule has 0 bridgehead atoms. The van der Waals surface area contributed by atoms with Crippen LogP contribution in [-0.2, 0) is 4.74 Å². The predicted octanol–water partition coefficient (Wildman–Crippen LogP) is 1.91. The molecule has 1 fully saturated rings. The number of fused-ring (bicyclic) bond motifs is 1. The summed E-state index contributed by atoms with van der Waals surface area (Å²) in [5.74, 6) is 1.59. The second-order valence-corrected chi connectivity index (χ2v) is 8.27. The fourth-order valence-electron chi connectivity index (χ4n) is 3.58. The molecular weight excluding hydrogens is 496 g/mol. The van der Waals surface area contributed by atoms with Crippen molar-refractivity contribution in [2.45, 2.75) is 24.5 Å². The van der Waals surface area contributed by atoms with Crippen LogP contribution in [0, 0.1) is 0 Å². The summed E-state index contributed by atoms with van der Waals surface area (Å²) in [6.45, 7) is -0.422. The lowest BCUT2D eigenvalue weighted by Gasteiger charge is -2.16. The van der Waals surface area contributed by atoms with Crippen LogP contribution >= 0.6 is 15.9 Å². The zero-order chi connectivity index (χ0) is 22.9. The zero-order valence-electron chi connectivity index (χ0n) is 17.0. The molecule has 4 aromatic rings. The largest absolute Gasteiger partial charge is 0.455 e. The molecule has 4 atom stereocenters. The summed E-state index contributed by atoms with van der Waals surface area (Å²) < 4.78 is 13.8. The number of benzene rings is 1. The minimum Gasteiger partial charge on any atom is -0.455 e. The van der Waals surface area contributed by atoms with E-state index in [2.05, 4.69) is 41.4 Å². The van der Waals surface area contributed by atoms with Crippen LogP contribution in [0.15, 0.2) is 63.0 Å². The first kappa shape index (κ1) is 21.7. The maximum absolute atomic E-state index is 10.3. The lowest BCUT2D eigenvalue weighted by atomic mass is 10.1. The van der Waals surface area contributed by atoms with Gasteiger partial charge in [0.05, 0.1) is 19.1 Å². The van der Waals surface area contributed by atoms with Crippen molar-refractivity contribution in [2.24, 2.45) is 5.10 Å². The van der Waals surface area contributed by atoms with Crippen LogP contribution in [0.25, 0.3) is 22.5 Å². The number of hydrazone groups is 1. The van der Waals surface area contributed by atoms with Gasteiger partial charge in [0.2, 0.25) is 0 Å². The Morgan fingerprint density at radius 2 is 1.91 bits per heavy atom. The van der Waals surface area contributed by atoms with Gasteiger partial charge >= 0.3 is 0 Å². The Hall–Kier alpha value is -3.16. The summed E-state index contributed by atoms with van der Waals surface area (Å²) in [5, 5.41) is 33.8. The number of hydrogen-bond donors (Lipinski definition) is 4. The summed E-state index contributed by atoms with van der Waals surface area (Å²) in [6.07, 6.45) is -0.0705. The highest BCUT2D eigenvalue weighted by Crippen LogP contribution is 2.32. The summed E-state index contributed by atoms with van der Waals surface area (Å²) in [7, 11) is 0. The monoisotopic (exact) mass is 514 g/mol. The molecule has 4 N–H and O–H groups in total. The minimum atomic E-state index is -1.25. The van der Waals surface area contributed by atoms with E-state index < -0.39 is 31.1 Å². The maximum Gasteiger partial charge on any atom is 0.177 e. The van der Waals surface area contributed by atoms with Crippen LogP contribution in [0.1, 0.15) is 12.0 Å². The number of hydrogen-bond acceptors (Lipinski definition) is 10. The molecular formula is C21H19BrN6O5. The third-order valence-corrected chi connectivity index (χ3v) is 5.80. The third-order valence-electron chi connectivity index (χ3n) is 5.27. The van der Waals surface area contributed by atoms with Crippen molar-refractivity contribution in [3.05, 3.63) is 59.3 Å². The number of ether oxygens (including phenoxy) is 1. The molecule has 5 rings (SSSR count). The molecule has 4 unspecified atom stereocenters. The Morgan fingerprint density at radius 1 is 1.09 bits per heavy atom. The van der Waals surface area contributed by atoms with E-state index in [9.17, 15) is 15.3 Å². The fraction of sp³-hybridized carbons (Fsp3) is 0.238. The number of rotatable bonds is 6. The molecule has 170 valence electrons. The van der Waals surface area contributed by atoms with Gasteiger partial charge in [0.15, 0.2) is 23.2 Å². The number of anilines is 1. The molecule has 0 amide bonds. The first-order valence-electron chi connectivity index (χ1n) is 10.00. The number of halogens is 1. The first-order chi connectivity index (χ1) is 16.0. The van der Waals surface area contributed by atoms with Gasteiger partial charge in [0.1, 0.15) is 36.2 Å². The van der Waals surface area contributed by atoms with Crippen LogP contribution < -0.4 is 5.43 Å². The van der Waals surface area contributed by atoms with Crippen LogP contribution in [0.2, 0.25) is 0 Å². The first-order valence-corrected chi connectivity index (χ1v) is 10.8. The van der Waals surface area contributed by atoms with Crippen molar-refractivity contribution < 1.29 is 24.5 Å². The number of imidazole rings is 1. The molecule has 0 aliphatic carbocycles. The average Bonchev–Trinajstić information content (AvgIpc) is 3.53. The molecule has 1 aromatic carbocycles. The van der Waals surface area contributed by atoms with Gasteiger partial charge in [-0.15, -0.1) is 0 Å². The van der Waals surface area contributed by atoms with Gasteiger partial charge < -0.3 is 24.5 Å². The molecule has 33 heavy (non-hydrogen) atoms. The van der Waals surface area contributed by atoms with Crippen LogP contribution in [0.5, 0.6) is 0 Å². The number of aliphatic hydroxyl groups is 3. The molecule has 1 saturated heterocycles. The molecule has 0 saturated carbocycles. The second kappa shape index (κ2) is 9.00. The van der Waals surface area contributed by atoms with Gasteiger partial charge in [-0.1, -0.05) is 28.1 Å². The van der Waals surface area contributed by atoms with Gasteiger partial charge in [0.25, 0.3) is 0 Å². The van der Waals surface area contributed by atoms with Gasteiger partial charge in [-0.2, -0.15) is 5.10 Å². The smallest absolute Gasteiger partial charge is 0.177 e. The van der Waals surface area contributed by atoms with Gasteiger partial charge in [-0.05, 0) is 24.3 Å². The molecule has 4 heterocycles. The number of nitrogens with one attached hydrogen (secondary N) is 1. The highest BCUT2D eigenvalue weighted by atomic mass is 79.9. The van der Waals surface area contributed by atoms with E-state index in [1.165, 1.54) is 23.4 Å². The molecule has 3 aromatic heterocycles. The quantitative estimate of drug-likeness (QED) is 0.223. The summed E-state index contributed by atoms with van der Waals surface area (Å²) in [5.41, 5.74) is 4.52. The average molecular weight is 515 g/mol. The Labute approximate surface area is 195 Å². The summed E-state index contributed by atoms with van der Waals surface area (Å²) in [4.78, 5) is 12.7. The van der Waals surface area contributed by atoms with Gasteiger partial charge in [0, 0.05) is 10.0 Å². The predicted molar refractivity (Wildman–Crippen MR) is 121 cm³/mol. The van der Waals surface area contributed by atoms with E-state index in [0.717, 1.165) is 10.0 Å². The van der Waals surface area contributed by atoms with E-state index in [-0.39, 0.29) is 0 Å². The van der Waals surface area contributed by atoms with Gasteiger partial charge in [-0.25, -0.2) is 15.0 Å². The lowest BCUT2D eigenvalue weighted by molar-refractivity contribution is -0.0511. The van der Waals surface area contributed by atoms with Crippen molar-refractivity contribution in [3.8, 4) is 11.3 Å². The minimum absolute atomic E-state index is 0.335. The van der Waals surface area contributed by atoms with Crippen molar-refractivity contribution in [3.63, 3.8) is 0 Å². The van der Waals surface area contributed by atoms with Crippen molar-refractivity contribution in [1.82, 2.24) is 19.5 Å². The molecule has 0 spiro atoms. The van der Waals surface area contributed by atoms with Gasteiger partial charge in [-0.3, -0.25) is 9.99 Å². The highest BCUT2D eigenvalue weighted by Gasteiger charge is 2.44. The number of furan rings is 1. The number of aliphatic hydroxyl groups excluding tert-OH is 3. The van der Waals surface area contributed by atoms with Crippen LogP contribution in [-0.4, -0.2) is 66.0 Å². The van der Waals surface area contributed by atoms with Crippen LogP contribution in [0.4, 0.5) is 5.82 Å². The van der Waals surface area contributed by atoms with E-state index in [4.69, 9.17) is 9.15 Å². The van der Waals surface area contributed by atoms with Crippen molar-refractivity contribution in [1.29, 1.82) is 0 Å². The van der Waals surface area contributed by atoms with E-state index in [1.807, 2.05) is 30.3 Å². The fourth-order valence-corrected chi connectivity index (χ4v) is 3.84. The van der Waals surface area contributed by atoms with Crippen molar-refractivity contribution in [2.75, 3.05) is 12.0 Å². The molecule has 11 nitrogen and oxygen atoms in total. The molecule has 1 aliphatic rings. The second-order valence-electron chi connectivity index (χ2n) is 7.35. The van der Waals surface area contributed by atoms with E-state index in [0.29, 0.717) is 28.5 Å². The normalized spacial score (nSPS) is 23.0. The van der Waals surface area contributed by atoms with Crippen molar-refractivity contribution >= 4 is 39.1 Å². The number of nitrogens with zero attached hydrogens (tertiary/aromatic N) is 5. The van der Waals surface area contributed by atoms with E-state index >= 15 is 0 Å². The third kappa shape index (κ3) is 4.14. The molecule has 0 radical (unpaired) electrons. The number of aromatic nitrogens is 4. The van der Waals surface area contributed by atoms with Crippen LogP contribution in [0.3, 0.4) is 0 Å². The zero-order valence-corrected chi connectivity index (χ0v) is 18.6. The lowest BCUT2D eigenvalue weighted by Crippen LogP contribution is -2.33. The highest BCUT2D eigenvalue weighted by molar-refractivity contribution is 9.10. The molecule has 1 aliphatic heterocycles. The summed E-state index contributed by atoms with van der Waals surface area (Å²) >= 11 is 3.41. The Kier molecular flexibility index (Phi) is 5.91. The Morgan fingerprint density at radius 3 is 2.67 bits per heavy atom. The Balaban J connectivity index is 1.33. The standard InChI is InChI=1S/C21H19BrN6O5/c22-12-3-1-11(2-4-12)14-6-5-13(32-14)7-26-27-19-16-20(24-9-23-19)28(10-25-16)21-18(31)17(30)15(8-29)33-21/h1-7,9-10,15,17-18,21,29-31H,8H2,(H,23,24,27)/b26-7+. The molecule has 12 heteroatoms. The maximum atomic E-state index is 10.3. The SMILES string of the molecule is OCC1OC(n2cnc3c(N/N=C/c4ccc(-c5ccc(Br)cc5)o4)ncnc32)C(O)C1O. The Bertz CT molecular complexity index is 1290. The van der Waals surface area contributed by atoms with E-state index in [1.54, 1.807) is 6.07 Å². The topological polar surface area (TPSA) is 151 Å².